The summed E-state index contributed by atoms with van der Waals surface area (Å²) in [6, 6.07) is 12.4. The number of rotatable bonds is 5. The van der Waals surface area contributed by atoms with E-state index < -0.39 is 0 Å². The highest BCUT2D eigenvalue weighted by atomic mass is 15.2. The number of aryl methyl sites for hydroxylation is 1. The summed E-state index contributed by atoms with van der Waals surface area (Å²) in [5.41, 5.74) is 6.16. The average molecular weight is 423 g/mol. The molecule has 2 aromatic carbocycles. The van der Waals surface area contributed by atoms with Gasteiger partial charge in [-0.05, 0) is 73.5 Å². The summed E-state index contributed by atoms with van der Waals surface area (Å²) in [6.07, 6.45) is 15.1. The van der Waals surface area contributed by atoms with Crippen LogP contribution in [0.5, 0.6) is 0 Å². The fraction of sp³-hybridized carbons (Fsp3) is 0.269. The Morgan fingerprint density at radius 3 is 2.69 bits per heavy atom. The molecule has 0 unspecified atom stereocenters. The summed E-state index contributed by atoms with van der Waals surface area (Å²) < 4.78 is 1.83. The molecule has 0 bridgehead atoms. The summed E-state index contributed by atoms with van der Waals surface area (Å²) in [4.78, 5) is 11.7. The Kier molecular flexibility index (Phi) is 5.57. The first-order valence-electron chi connectivity index (χ1n) is 11.0. The Morgan fingerprint density at radius 2 is 1.91 bits per heavy atom. The molecule has 0 atom stereocenters. The molecule has 6 heteroatoms. The first-order valence-corrected chi connectivity index (χ1v) is 11.0. The smallest absolute Gasteiger partial charge is 0.227 e. The number of nitrogens with one attached hydrogen (secondary N) is 1. The van der Waals surface area contributed by atoms with Crippen LogP contribution in [-0.2, 0) is 13.6 Å². The van der Waals surface area contributed by atoms with Crippen molar-refractivity contribution in [2.75, 3.05) is 18.4 Å². The molecular weight excluding hydrogens is 396 g/mol. The summed E-state index contributed by atoms with van der Waals surface area (Å²) in [7, 11) is 1.94. The van der Waals surface area contributed by atoms with Crippen LogP contribution in [0.25, 0.3) is 22.0 Å². The third-order valence-corrected chi connectivity index (χ3v) is 5.89. The predicted molar refractivity (Wildman–Crippen MR) is 129 cm³/mol. The molecule has 4 aromatic rings. The van der Waals surface area contributed by atoms with Crippen molar-refractivity contribution in [1.29, 1.82) is 0 Å². The molecule has 0 radical (unpaired) electrons. The molecule has 5 rings (SSSR count). The minimum atomic E-state index is 0.568. The lowest BCUT2D eigenvalue weighted by Crippen LogP contribution is -2.29. The Morgan fingerprint density at radius 1 is 1.03 bits per heavy atom. The van der Waals surface area contributed by atoms with E-state index in [-0.39, 0.29) is 0 Å². The van der Waals surface area contributed by atoms with Crippen LogP contribution in [0.3, 0.4) is 0 Å². The first-order chi connectivity index (χ1) is 15.7. The summed E-state index contributed by atoms with van der Waals surface area (Å²) in [5, 5.41) is 8.69. The maximum atomic E-state index is 5.51. The Bertz CT molecular complexity index is 1290. The van der Waals surface area contributed by atoms with Gasteiger partial charge in [0.1, 0.15) is 0 Å². The van der Waals surface area contributed by atoms with Crippen LogP contribution in [0.2, 0.25) is 0 Å². The van der Waals surface area contributed by atoms with Crippen LogP contribution in [-0.4, -0.2) is 37.7 Å². The molecule has 0 saturated carbocycles. The summed E-state index contributed by atoms with van der Waals surface area (Å²) in [5.74, 6) is 3.22. The highest BCUT2D eigenvalue weighted by Gasteiger charge is 2.13. The molecule has 1 saturated heterocycles. The summed E-state index contributed by atoms with van der Waals surface area (Å²) in [6.45, 7) is 3.26. The van der Waals surface area contributed by atoms with Gasteiger partial charge in [0.25, 0.3) is 0 Å². The monoisotopic (exact) mass is 422 g/mol. The number of terminal acetylenes is 1. The van der Waals surface area contributed by atoms with E-state index in [1.807, 2.05) is 48.5 Å². The van der Waals surface area contributed by atoms with Gasteiger partial charge >= 0.3 is 0 Å². The molecule has 1 N–H and O–H groups in total. The number of aromatic nitrogens is 4. The van der Waals surface area contributed by atoms with Crippen molar-refractivity contribution in [2.45, 2.75) is 25.8 Å². The molecule has 1 aliphatic rings. The van der Waals surface area contributed by atoms with Gasteiger partial charge in [-0.15, -0.1) is 6.42 Å². The van der Waals surface area contributed by atoms with E-state index in [2.05, 4.69) is 49.4 Å². The summed E-state index contributed by atoms with van der Waals surface area (Å²) >= 11 is 0. The SMILES string of the molecule is C#Cc1ccc2nc(Nc3cc(CN4CCCCC4)cc(-c4cnn(C)c4)c3)ncc2c1. The molecular formula is C26H26N6. The van der Waals surface area contributed by atoms with Gasteiger partial charge in [-0.3, -0.25) is 9.58 Å². The van der Waals surface area contributed by atoms with Crippen LogP contribution in [0.1, 0.15) is 30.4 Å². The van der Waals surface area contributed by atoms with Gasteiger partial charge in [0.05, 0.1) is 11.7 Å². The third-order valence-electron chi connectivity index (χ3n) is 5.89. The van der Waals surface area contributed by atoms with Gasteiger partial charge in [-0.25, -0.2) is 9.97 Å². The fourth-order valence-corrected chi connectivity index (χ4v) is 4.28. The lowest BCUT2D eigenvalue weighted by atomic mass is 10.0. The number of hydrogen-bond donors (Lipinski definition) is 1. The van der Waals surface area contributed by atoms with E-state index in [1.165, 1.54) is 24.8 Å². The zero-order chi connectivity index (χ0) is 21.9. The normalized spacial score (nSPS) is 14.4. The number of piperidine rings is 1. The minimum Gasteiger partial charge on any atom is -0.324 e. The highest BCUT2D eigenvalue weighted by Crippen LogP contribution is 2.27. The third kappa shape index (κ3) is 4.48. The molecule has 1 fully saturated rings. The van der Waals surface area contributed by atoms with Gasteiger partial charge in [-0.2, -0.15) is 5.10 Å². The minimum absolute atomic E-state index is 0.568. The number of hydrogen-bond acceptors (Lipinski definition) is 5. The van der Waals surface area contributed by atoms with Crippen molar-refractivity contribution in [3.63, 3.8) is 0 Å². The molecule has 0 aliphatic carbocycles. The van der Waals surface area contributed by atoms with Gasteiger partial charge in [-0.1, -0.05) is 12.3 Å². The molecule has 3 heterocycles. The fourth-order valence-electron chi connectivity index (χ4n) is 4.28. The Labute approximate surface area is 188 Å². The molecule has 32 heavy (non-hydrogen) atoms. The van der Waals surface area contributed by atoms with Crippen LogP contribution >= 0.6 is 0 Å². The molecule has 160 valence electrons. The molecule has 0 amide bonds. The average Bonchev–Trinajstić information content (AvgIpc) is 3.25. The number of benzene rings is 2. The molecule has 6 nitrogen and oxygen atoms in total. The van der Waals surface area contributed by atoms with Gasteiger partial charge in [0, 0.05) is 48.2 Å². The highest BCUT2D eigenvalue weighted by molar-refractivity contribution is 5.81. The second kappa shape index (κ2) is 8.81. The van der Waals surface area contributed by atoms with Crippen LogP contribution < -0.4 is 5.32 Å². The van der Waals surface area contributed by atoms with E-state index in [1.54, 1.807) is 0 Å². The largest absolute Gasteiger partial charge is 0.324 e. The van der Waals surface area contributed by atoms with Crippen molar-refractivity contribution < 1.29 is 0 Å². The van der Waals surface area contributed by atoms with Gasteiger partial charge in [0.2, 0.25) is 5.95 Å². The first kappa shape index (κ1) is 20.2. The van der Waals surface area contributed by atoms with E-state index in [0.717, 1.165) is 52.9 Å². The van der Waals surface area contributed by atoms with Crippen LogP contribution in [0, 0.1) is 12.3 Å². The van der Waals surface area contributed by atoms with Gasteiger partial charge in [0.15, 0.2) is 0 Å². The standard InChI is InChI=1S/C26H26N6/c1-3-19-7-8-25-22(11-19)15-27-26(30-25)29-24-13-20(17-32-9-5-4-6-10-32)12-21(14-24)23-16-28-31(2)18-23/h1,7-8,11-16,18H,4-6,9-10,17H2,2H3,(H,27,29,30). The number of likely N-dealkylation sites (tertiary alicyclic amines) is 1. The Balaban J connectivity index is 1.47. The van der Waals surface area contributed by atoms with Crippen LogP contribution in [0.15, 0.2) is 55.0 Å². The van der Waals surface area contributed by atoms with Crippen LogP contribution in [0.4, 0.5) is 11.6 Å². The van der Waals surface area contributed by atoms with Crippen molar-refractivity contribution in [2.24, 2.45) is 7.05 Å². The molecule has 2 aromatic heterocycles. The second-order valence-electron chi connectivity index (χ2n) is 8.39. The van der Waals surface area contributed by atoms with E-state index in [9.17, 15) is 0 Å². The van der Waals surface area contributed by atoms with Crippen molar-refractivity contribution in [3.05, 3.63) is 66.1 Å². The van der Waals surface area contributed by atoms with E-state index in [4.69, 9.17) is 6.42 Å². The van der Waals surface area contributed by atoms with E-state index >= 15 is 0 Å². The molecule has 0 spiro atoms. The Hall–Kier alpha value is -3.69. The maximum Gasteiger partial charge on any atom is 0.227 e. The zero-order valence-electron chi connectivity index (χ0n) is 18.3. The van der Waals surface area contributed by atoms with E-state index in [0.29, 0.717) is 5.95 Å². The second-order valence-corrected chi connectivity index (χ2v) is 8.39. The van der Waals surface area contributed by atoms with Crippen molar-refractivity contribution >= 4 is 22.5 Å². The topological polar surface area (TPSA) is 58.9 Å². The lowest BCUT2D eigenvalue weighted by molar-refractivity contribution is 0.221. The number of anilines is 2. The zero-order valence-corrected chi connectivity index (χ0v) is 18.3. The predicted octanol–water partition coefficient (Wildman–Crippen LogP) is 4.74. The van der Waals surface area contributed by atoms with Crippen molar-refractivity contribution in [3.8, 4) is 23.5 Å². The number of fused-ring (bicyclic) bond motifs is 1. The maximum absolute atomic E-state index is 5.51. The number of nitrogens with zero attached hydrogens (tertiary/aromatic N) is 5. The quantitative estimate of drug-likeness (QED) is 0.471. The lowest BCUT2D eigenvalue weighted by Gasteiger charge is -2.26. The van der Waals surface area contributed by atoms with Crippen molar-refractivity contribution in [1.82, 2.24) is 24.6 Å². The van der Waals surface area contributed by atoms with Gasteiger partial charge < -0.3 is 5.32 Å². The molecule has 1 aliphatic heterocycles.